The second-order valence-electron chi connectivity index (χ2n) is 5.55. The van der Waals surface area contributed by atoms with Crippen molar-refractivity contribution in [1.82, 2.24) is 9.88 Å². The second-order valence-corrected chi connectivity index (χ2v) is 6.45. The molecule has 6 nitrogen and oxygen atoms in total. The van der Waals surface area contributed by atoms with Crippen LogP contribution in [0.2, 0.25) is 0 Å². The predicted octanol–water partition coefficient (Wildman–Crippen LogP) is 2.93. The molecule has 1 N–H and O–H groups in total. The monoisotopic (exact) mass is 349 g/mol. The minimum atomic E-state index is -0.290. The smallest absolute Gasteiger partial charge is 0.243 e. The summed E-state index contributed by atoms with van der Waals surface area (Å²) < 4.78 is 10.7. The third-order valence-electron chi connectivity index (χ3n) is 3.96. The fourth-order valence-electron chi connectivity index (χ4n) is 2.29. The lowest BCUT2D eigenvalue weighted by Crippen LogP contribution is -2.39. The number of nitrogens with zero attached hydrogens (tertiary/aromatic N) is 2. The van der Waals surface area contributed by atoms with Crippen LogP contribution in [0.1, 0.15) is 18.1 Å². The Morgan fingerprint density at radius 2 is 2.00 bits per heavy atom. The minimum absolute atomic E-state index is 0.0782. The van der Waals surface area contributed by atoms with Crippen molar-refractivity contribution in [3.05, 3.63) is 34.8 Å². The maximum absolute atomic E-state index is 12.3. The lowest BCUT2D eigenvalue weighted by molar-refractivity contribution is -0.120. The van der Waals surface area contributed by atoms with Gasteiger partial charge >= 0.3 is 0 Å². The molecule has 0 aliphatic rings. The fraction of sp³-hybridized carbons (Fsp3) is 0.412. The Morgan fingerprint density at radius 3 is 2.58 bits per heavy atom. The van der Waals surface area contributed by atoms with Crippen molar-refractivity contribution in [1.29, 1.82) is 0 Å². The van der Waals surface area contributed by atoms with Crippen molar-refractivity contribution in [2.75, 3.05) is 26.6 Å². The zero-order chi connectivity index (χ0) is 17.7. The summed E-state index contributed by atoms with van der Waals surface area (Å²) in [6.07, 6.45) is 1.67. The fourth-order valence-corrected chi connectivity index (χ4v) is 2.83. The van der Waals surface area contributed by atoms with Gasteiger partial charge in [0, 0.05) is 18.1 Å². The van der Waals surface area contributed by atoms with Gasteiger partial charge in [-0.3, -0.25) is 9.69 Å². The molecule has 1 aromatic heterocycles. The van der Waals surface area contributed by atoms with E-state index in [4.69, 9.17) is 9.47 Å². The van der Waals surface area contributed by atoms with Crippen molar-refractivity contribution >= 4 is 22.4 Å². The zero-order valence-corrected chi connectivity index (χ0v) is 15.4. The molecule has 0 fully saturated rings. The Morgan fingerprint density at radius 1 is 1.33 bits per heavy atom. The number of carbonyl (C=O) groups is 1. The largest absolute Gasteiger partial charge is 0.493 e. The SMILES string of the molecule is COc1cc(C)c(CN(C)[C@H](C)C(=O)Nc2nccs2)cc1OC. The Bertz CT molecular complexity index is 689. The Balaban J connectivity index is 2.08. The Kier molecular flexibility index (Phi) is 6.16. The number of carbonyl (C=O) groups excluding carboxylic acids is 1. The van der Waals surface area contributed by atoms with E-state index in [-0.39, 0.29) is 11.9 Å². The van der Waals surface area contributed by atoms with Crippen LogP contribution >= 0.6 is 11.3 Å². The number of aryl methyl sites for hydroxylation is 1. The van der Waals surface area contributed by atoms with Gasteiger partial charge in [0.15, 0.2) is 16.6 Å². The molecule has 0 aliphatic heterocycles. The van der Waals surface area contributed by atoms with Gasteiger partial charge in [0.05, 0.1) is 20.3 Å². The summed E-state index contributed by atoms with van der Waals surface area (Å²) in [5, 5.41) is 5.27. The van der Waals surface area contributed by atoms with E-state index in [0.717, 1.165) is 11.1 Å². The van der Waals surface area contributed by atoms with Gasteiger partial charge in [0.25, 0.3) is 0 Å². The van der Waals surface area contributed by atoms with E-state index in [1.165, 1.54) is 11.3 Å². The number of rotatable bonds is 7. The molecule has 130 valence electrons. The summed E-state index contributed by atoms with van der Waals surface area (Å²) in [5.41, 5.74) is 2.18. The highest BCUT2D eigenvalue weighted by molar-refractivity contribution is 7.13. The topological polar surface area (TPSA) is 63.7 Å². The first-order valence-electron chi connectivity index (χ1n) is 7.58. The van der Waals surface area contributed by atoms with Gasteiger partial charge in [-0.2, -0.15) is 0 Å². The maximum Gasteiger partial charge on any atom is 0.243 e. The van der Waals surface area contributed by atoms with E-state index in [1.54, 1.807) is 20.4 Å². The third kappa shape index (κ3) is 4.24. The molecule has 1 atom stereocenters. The predicted molar refractivity (Wildman–Crippen MR) is 96.0 cm³/mol. The first-order valence-corrected chi connectivity index (χ1v) is 8.46. The first-order chi connectivity index (χ1) is 11.5. The van der Waals surface area contributed by atoms with E-state index in [2.05, 4.69) is 10.3 Å². The molecular weight excluding hydrogens is 326 g/mol. The van der Waals surface area contributed by atoms with Crippen LogP contribution in [0.3, 0.4) is 0 Å². The highest BCUT2D eigenvalue weighted by atomic mass is 32.1. The van der Waals surface area contributed by atoms with Crippen LogP contribution in [0.25, 0.3) is 0 Å². The van der Waals surface area contributed by atoms with Gasteiger partial charge in [0.2, 0.25) is 5.91 Å². The molecule has 0 unspecified atom stereocenters. The molecule has 2 aromatic rings. The molecule has 24 heavy (non-hydrogen) atoms. The number of methoxy groups -OCH3 is 2. The lowest BCUT2D eigenvalue weighted by Gasteiger charge is -2.24. The number of aromatic nitrogens is 1. The van der Waals surface area contributed by atoms with Crippen LogP contribution in [-0.2, 0) is 11.3 Å². The van der Waals surface area contributed by atoms with Crippen LogP contribution in [0.4, 0.5) is 5.13 Å². The van der Waals surface area contributed by atoms with E-state index in [0.29, 0.717) is 23.2 Å². The van der Waals surface area contributed by atoms with Crippen molar-refractivity contribution in [2.45, 2.75) is 26.4 Å². The summed E-state index contributed by atoms with van der Waals surface area (Å²) in [4.78, 5) is 18.4. The highest BCUT2D eigenvalue weighted by Crippen LogP contribution is 2.30. The molecule has 7 heteroatoms. The van der Waals surface area contributed by atoms with Crippen LogP contribution < -0.4 is 14.8 Å². The molecule has 0 bridgehead atoms. The average Bonchev–Trinajstić information content (AvgIpc) is 3.08. The molecule has 2 rings (SSSR count). The quantitative estimate of drug-likeness (QED) is 0.833. The normalized spacial score (nSPS) is 12.1. The van der Waals surface area contributed by atoms with Gasteiger partial charge < -0.3 is 14.8 Å². The summed E-state index contributed by atoms with van der Waals surface area (Å²) in [6, 6.07) is 3.61. The number of hydrogen-bond acceptors (Lipinski definition) is 6. The van der Waals surface area contributed by atoms with E-state index >= 15 is 0 Å². The van der Waals surface area contributed by atoms with Crippen LogP contribution in [0.5, 0.6) is 11.5 Å². The molecular formula is C17H23N3O3S. The number of likely N-dealkylation sites (N-methyl/N-ethyl adjacent to an activating group) is 1. The highest BCUT2D eigenvalue weighted by Gasteiger charge is 2.20. The number of amides is 1. The Hall–Kier alpha value is -2.12. The summed E-state index contributed by atoms with van der Waals surface area (Å²) in [6.45, 7) is 4.52. The number of nitrogens with one attached hydrogen (secondary N) is 1. The molecule has 0 saturated heterocycles. The summed E-state index contributed by atoms with van der Waals surface area (Å²) in [7, 11) is 5.15. The number of ether oxygens (including phenoxy) is 2. The van der Waals surface area contributed by atoms with Crippen molar-refractivity contribution < 1.29 is 14.3 Å². The van der Waals surface area contributed by atoms with E-state index in [1.807, 2.05) is 43.3 Å². The number of thiazole rings is 1. The maximum atomic E-state index is 12.3. The number of anilines is 1. The van der Waals surface area contributed by atoms with Gasteiger partial charge in [-0.1, -0.05) is 0 Å². The average molecular weight is 349 g/mol. The summed E-state index contributed by atoms with van der Waals surface area (Å²) in [5.74, 6) is 1.31. The second kappa shape index (κ2) is 8.12. The van der Waals surface area contributed by atoms with E-state index in [9.17, 15) is 4.79 Å². The number of hydrogen-bond donors (Lipinski definition) is 1. The molecule has 0 spiro atoms. The zero-order valence-electron chi connectivity index (χ0n) is 14.6. The molecule has 1 amide bonds. The van der Waals surface area contributed by atoms with Crippen LogP contribution in [0, 0.1) is 6.92 Å². The van der Waals surface area contributed by atoms with E-state index < -0.39 is 0 Å². The Labute approximate surface area is 146 Å². The van der Waals surface area contributed by atoms with Gasteiger partial charge in [-0.25, -0.2) is 4.98 Å². The minimum Gasteiger partial charge on any atom is -0.493 e. The van der Waals surface area contributed by atoms with Crippen molar-refractivity contribution in [3.63, 3.8) is 0 Å². The standard InChI is InChI=1S/C17H23N3O3S/c1-11-8-14(22-4)15(23-5)9-13(11)10-20(3)12(2)16(21)19-17-18-6-7-24-17/h6-9,12H,10H2,1-5H3,(H,18,19,21)/t12-/m1/s1. The molecule has 0 saturated carbocycles. The molecule has 1 heterocycles. The van der Waals surface area contributed by atoms with Crippen LogP contribution in [-0.4, -0.2) is 43.1 Å². The van der Waals surface area contributed by atoms with Gasteiger partial charge in [-0.05, 0) is 44.2 Å². The first kappa shape index (κ1) is 18.2. The van der Waals surface area contributed by atoms with Crippen molar-refractivity contribution in [3.8, 4) is 11.5 Å². The number of benzene rings is 1. The third-order valence-corrected chi connectivity index (χ3v) is 4.65. The molecule has 0 aliphatic carbocycles. The van der Waals surface area contributed by atoms with Gasteiger partial charge in [-0.15, -0.1) is 11.3 Å². The lowest BCUT2D eigenvalue weighted by atomic mass is 10.1. The summed E-state index contributed by atoms with van der Waals surface area (Å²) >= 11 is 1.40. The van der Waals surface area contributed by atoms with Crippen LogP contribution in [0.15, 0.2) is 23.7 Å². The molecule has 0 radical (unpaired) electrons. The van der Waals surface area contributed by atoms with Crippen molar-refractivity contribution in [2.24, 2.45) is 0 Å². The molecule has 1 aromatic carbocycles. The van der Waals surface area contributed by atoms with Gasteiger partial charge in [0.1, 0.15) is 0 Å².